The molecule has 1 heterocycles. The topological polar surface area (TPSA) is 101 Å². The largest absolute Gasteiger partial charge is 0.478 e. The van der Waals surface area contributed by atoms with E-state index in [0.717, 1.165) is 4.90 Å². The summed E-state index contributed by atoms with van der Waals surface area (Å²) in [5.74, 6) is -1.83. The maximum Gasteiger partial charge on any atom is 0.335 e. The number of carbonyl (C=O) groups excluding carboxylic acids is 2. The Morgan fingerprint density at radius 3 is 2.24 bits per heavy atom. The fraction of sp³-hybridized carbons (Fsp3) is 0.182. The van der Waals surface area contributed by atoms with E-state index >= 15 is 0 Å². The highest BCUT2D eigenvalue weighted by molar-refractivity contribution is 6.20. The van der Waals surface area contributed by atoms with Crippen molar-refractivity contribution in [1.29, 1.82) is 0 Å². The summed E-state index contributed by atoms with van der Waals surface area (Å²) in [4.78, 5) is 34.1. The number of benzene rings is 1. The Labute approximate surface area is 96.6 Å². The summed E-state index contributed by atoms with van der Waals surface area (Å²) in [5.41, 5.74) is 6.10. The van der Waals surface area contributed by atoms with Crippen LogP contribution in [0.4, 0.5) is 0 Å². The van der Waals surface area contributed by atoms with Gasteiger partial charge in [0, 0.05) is 0 Å². The highest BCUT2D eigenvalue weighted by Crippen LogP contribution is 2.15. The number of amides is 2. The lowest BCUT2D eigenvalue weighted by molar-refractivity contribution is -0.161. The Balaban J connectivity index is 2.08. The van der Waals surface area contributed by atoms with Crippen LogP contribution >= 0.6 is 0 Å². The summed E-state index contributed by atoms with van der Waals surface area (Å²) < 4.78 is 0. The zero-order valence-corrected chi connectivity index (χ0v) is 8.79. The van der Waals surface area contributed by atoms with Crippen LogP contribution in [0, 0.1) is 0 Å². The van der Waals surface area contributed by atoms with Crippen LogP contribution < -0.4 is 5.73 Å². The van der Waals surface area contributed by atoms with Gasteiger partial charge in [-0.05, 0) is 17.7 Å². The quantitative estimate of drug-likeness (QED) is 0.546. The molecule has 0 aromatic heterocycles. The van der Waals surface area contributed by atoms with Gasteiger partial charge in [0.15, 0.2) is 6.04 Å². The molecule has 0 saturated carbocycles. The Bertz CT molecular complexity index is 479. The Morgan fingerprint density at radius 1 is 1.24 bits per heavy atom. The Hall–Kier alpha value is -2.21. The maximum atomic E-state index is 11.2. The molecule has 0 bridgehead atoms. The molecule has 0 atom stereocenters. The molecule has 0 spiro atoms. The van der Waals surface area contributed by atoms with Crippen molar-refractivity contribution >= 4 is 17.8 Å². The van der Waals surface area contributed by atoms with Crippen molar-refractivity contribution < 1.29 is 19.5 Å². The highest BCUT2D eigenvalue weighted by atomic mass is 16.4. The first kappa shape index (κ1) is 11.3. The van der Waals surface area contributed by atoms with Crippen molar-refractivity contribution in [3.63, 3.8) is 0 Å². The summed E-state index contributed by atoms with van der Waals surface area (Å²) in [6.07, 6.45) is 0. The molecule has 6 nitrogen and oxygen atoms in total. The van der Waals surface area contributed by atoms with Gasteiger partial charge in [0.25, 0.3) is 11.8 Å². The van der Waals surface area contributed by atoms with Gasteiger partial charge in [0.05, 0.1) is 12.1 Å². The van der Waals surface area contributed by atoms with E-state index in [9.17, 15) is 14.4 Å². The lowest BCUT2D eigenvalue weighted by atomic mass is 10.1. The van der Waals surface area contributed by atoms with Crippen molar-refractivity contribution in [2.75, 3.05) is 0 Å². The third-order valence-corrected chi connectivity index (χ3v) is 2.61. The van der Waals surface area contributed by atoms with E-state index in [1.807, 2.05) is 0 Å². The van der Waals surface area contributed by atoms with Crippen LogP contribution in [0.1, 0.15) is 15.9 Å². The van der Waals surface area contributed by atoms with Gasteiger partial charge in [0.2, 0.25) is 0 Å². The second-order valence-electron chi connectivity index (χ2n) is 3.74. The first-order valence-electron chi connectivity index (χ1n) is 4.94. The van der Waals surface area contributed by atoms with Crippen molar-refractivity contribution in [2.45, 2.75) is 12.6 Å². The number of nitrogens with zero attached hydrogens (tertiary/aromatic N) is 1. The van der Waals surface area contributed by atoms with Gasteiger partial charge >= 0.3 is 5.97 Å². The van der Waals surface area contributed by atoms with E-state index in [0.29, 0.717) is 5.56 Å². The van der Waals surface area contributed by atoms with E-state index < -0.39 is 23.8 Å². The molecule has 3 N–H and O–H groups in total. The van der Waals surface area contributed by atoms with Crippen molar-refractivity contribution in [3.05, 3.63) is 35.4 Å². The van der Waals surface area contributed by atoms with E-state index in [1.54, 1.807) is 12.1 Å². The molecule has 0 aliphatic carbocycles. The van der Waals surface area contributed by atoms with Gasteiger partial charge in [-0.3, -0.25) is 14.5 Å². The molecule has 2 rings (SSSR count). The molecular formula is C11H10N2O4. The van der Waals surface area contributed by atoms with Gasteiger partial charge in [-0.15, -0.1) is 0 Å². The zero-order chi connectivity index (χ0) is 12.6. The number of carboxylic acid groups (broad SMARTS) is 1. The van der Waals surface area contributed by atoms with Crippen LogP contribution in [-0.4, -0.2) is 33.8 Å². The van der Waals surface area contributed by atoms with Crippen molar-refractivity contribution in [2.24, 2.45) is 5.73 Å². The highest BCUT2D eigenvalue weighted by Gasteiger charge is 2.43. The van der Waals surface area contributed by atoms with Gasteiger partial charge in [-0.25, -0.2) is 4.79 Å². The second kappa shape index (κ2) is 3.99. The number of carbonyl (C=O) groups is 3. The van der Waals surface area contributed by atoms with Crippen LogP contribution in [0.25, 0.3) is 0 Å². The molecule has 88 valence electrons. The molecule has 1 aliphatic rings. The molecule has 0 radical (unpaired) electrons. The van der Waals surface area contributed by atoms with Crippen LogP contribution in [0.5, 0.6) is 0 Å². The molecule has 6 heteroatoms. The fourth-order valence-electron chi connectivity index (χ4n) is 1.58. The molecule has 0 unspecified atom stereocenters. The number of nitrogens with two attached hydrogens (primary N) is 1. The number of rotatable bonds is 3. The van der Waals surface area contributed by atoms with Gasteiger partial charge in [-0.2, -0.15) is 0 Å². The van der Waals surface area contributed by atoms with E-state index in [4.69, 9.17) is 10.8 Å². The minimum absolute atomic E-state index is 0.130. The van der Waals surface area contributed by atoms with E-state index in [1.165, 1.54) is 12.1 Å². The number of carboxylic acids is 1. The minimum atomic E-state index is -1.03. The van der Waals surface area contributed by atoms with Gasteiger partial charge < -0.3 is 10.8 Å². The maximum absolute atomic E-state index is 11.2. The third-order valence-electron chi connectivity index (χ3n) is 2.61. The SMILES string of the molecule is NC1C(=O)N(Cc2ccc(C(=O)O)cc2)C1=O. The molecule has 2 amide bonds. The van der Waals surface area contributed by atoms with Crippen molar-refractivity contribution in [3.8, 4) is 0 Å². The summed E-state index contributed by atoms with van der Waals surface area (Å²) in [6, 6.07) is 4.94. The van der Waals surface area contributed by atoms with Crippen LogP contribution in [0.15, 0.2) is 24.3 Å². The summed E-state index contributed by atoms with van der Waals surface area (Å²) in [5, 5.41) is 8.70. The number of likely N-dealkylation sites (tertiary alicyclic amines) is 1. The van der Waals surface area contributed by atoms with E-state index in [-0.39, 0.29) is 12.1 Å². The summed E-state index contributed by atoms with van der Waals surface area (Å²) >= 11 is 0. The number of β-lactam (4-membered cyclic amide) rings is 2. The predicted octanol–water partition coefficient (Wildman–Crippen LogP) is -0.419. The second-order valence-corrected chi connectivity index (χ2v) is 3.74. The van der Waals surface area contributed by atoms with E-state index in [2.05, 4.69) is 0 Å². The monoisotopic (exact) mass is 234 g/mol. The lowest BCUT2D eigenvalue weighted by Gasteiger charge is -2.33. The number of aromatic carboxylic acids is 1. The molecule has 1 aliphatic heterocycles. The summed E-state index contributed by atoms with van der Waals surface area (Å²) in [7, 11) is 0. The molecule has 1 aromatic rings. The first-order valence-corrected chi connectivity index (χ1v) is 4.94. The number of imide groups is 1. The molecule has 1 saturated heterocycles. The van der Waals surface area contributed by atoms with Gasteiger partial charge in [0.1, 0.15) is 0 Å². The molecule has 1 aromatic carbocycles. The van der Waals surface area contributed by atoms with Gasteiger partial charge in [-0.1, -0.05) is 12.1 Å². The molecule has 17 heavy (non-hydrogen) atoms. The Kier molecular flexibility index (Phi) is 2.64. The normalized spacial score (nSPS) is 15.9. The minimum Gasteiger partial charge on any atom is -0.478 e. The first-order chi connectivity index (χ1) is 8.00. The number of hydrogen-bond donors (Lipinski definition) is 2. The van der Waals surface area contributed by atoms with Crippen LogP contribution in [0.2, 0.25) is 0 Å². The zero-order valence-electron chi connectivity index (χ0n) is 8.79. The molecular weight excluding hydrogens is 224 g/mol. The number of hydrogen-bond acceptors (Lipinski definition) is 4. The fourth-order valence-corrected chi connectivity index (χ4v) is 1.58. The third kappa shape index (κ3) is 1.90. The average molecular weight is 234 g/mol. The van der Waals surface area contributed by atoms with Crippen LogP contribution in [-0.2, 0) is 16.1 Å². The van der Waals surface area contributed by atoms with Crippen molar-refractivity contribution in [1.82, 2.24) is 4.90 Å². The molecule has 1 fully saturated rings. The standard InChI is InChI=1S/C11H10N2O4/c12-8-9(14)13(10(8)15)5-6-1-3-7(4-2-6)11(16)17/h1-4,8H,5,12H2,(H,16,17). The Morgan fingerprint density at radius 2 is 1.76 bits per heavy atom. The lowest BCUT2D eigenvalue weighted by Crippen LogP contribution is -2.65. The summed E-state index contributed by atoms with van der Waals surface area (Å²) in [6.45, 7) is 0.130. The van der Waals surface area contributed by atoms with Crippen LogP contribution in [0.3, 0.4) is 0 Å². The average Bonchev–Trinajstić information content (AvgIpc) is 2.35. The predicted molar refractivity (Wildman–Crippen MR) is 56.9 cm³/mol. The smallest absolute Gasteiger partial charge is 0.335 e.